The van der Waals surface area contributed by atoms with Gasteiger partial charge < -0.3 is 20.1 Å². The van der Waals surface area contributed by atoms with E-state index in [4.69, 9.17) is 44.9 Å². The molecule has 0 unspecified atom stereocenters. The number of hydrogen-bond donors (Lipinski definition) is 2. The van der Waals surface area contributed by atoms with Crippen molar-refractivity contribution in [2.24, 2.45) is 0 Å². The predicted molar refractivity (Wildman–Crippen MR) is 101 cm³/mol. The summed E-state index contributed by atoms with van der Waals surface area (Å²) in [5.74, 6) is 1.10. The maximum Gasteiger partial charge on any atom is 0.175 e. The molecule has 2 aromatic rings. The monoisotopic (exact) mass is 370 g/mol. The van der Waals surface area contributed by atoms with Crippen LogP contribution >= 0.6 is 35.4 Å². The van der Waals surface area contributed by atoms with E-state index in [-0.39, 0.29) is 0 Å². The van der Waals surface area contributed by atoms with Crippen molar-refractivity contribution in [2.45, 2.75) is 6.92 Å². The number of methoxy groups -OCH3 is 2. The highest BCUT2D eigenvalue weighted by atomic mass is 35.5. The summed E-state index contributed by atoms with van der Waals surface area (Å²) in [6.07, 6.45) is 0. The Bertz CT molecular complexity index is 738. The molecular weight excluding hydrogens is 355 g/mol. The molecule has 0 aliphatic heterocycles. The summed E-state index contributed by atoms with van der Waals surface area (Å²) < 4.78 is 10.5. The van der Waals surface area contributed by atoms with Crippen LogP contribution in [0.3, 0.4) is 0 Å². The van der Waals surface area contributed by atoms with E-state index in [0.29, 0.717) is 32.3 Å². The second-order valence-electron chi connectivity index (χ2n) is 4.73. The largest absolute Gasteiger partial charge is 0.495 e. The highest BCUT2D eigenvalue weighted by Crippen LogP contribution is 2.36. The number of halogens is 2. The topological polar surface area (TPSA) is 42.5 Å². The Balaban J connectivity index is 2.18. The van der Waals surface area contributed by atoms with Gasteiger partial charge in [0.1, 0.15) is 11.5 Å². The summed E-state index contributed by atoms with van der Waals surface area (Å²) in [5, 5.41) is 7.73. The van der Waals surface area contributed by atoms with E-state index in [9.17, 15) is 0 Å². The summed E-state index contributed by atoms with van der Waals surface area (Å²) >= 11 is 17.4. The van der Waals surface area contributed by atoms with Crippen molar-refractivity contribution in [3.05, 3.63) is 45.9 Å². The molecule has 2 aromatic carbocycles. The molecule has 0 atom stereocenters. The van der Waals surface area contributed by atoms with Gasteiger partial charge in [0.25, 0.3) is 0 Å². The molecule has 2 rings (SSSR count). The molecule has 0 amide bonds. The minimum Gasteiger partial charge on any atom is -0.495 e. The summed E-state index contributed by atoms with van der Waals surface area (Å²) in [7, 11) is 3.11. The summed E-state index contributed by atoms with van der Waals surface area (Å²) in [4.78, 5) is 0. The average Bonchev–Trinajstić information content (AvgIpc) is 2.50. The lowest BCUT2D eigenvalue weighted by atomic mass is 10.2. The molecule has 0 radical (unpaired) electrons. The smallest absolute Gasteiger partial charge is 0.175 e. The second-order valence-corrected chi connectivity index (χ2v) is 5.98. The predicted octanol–water partition coefficient (Wildman–Crippen LogP) is 5.13. The zero-order valence-corrected chi connectivity index (χ0v) is 15.2. The fourth-order valence-electron chi connectivity index (χ4n) is 2.00. The van der Waals surface area contributed by atoms with Crippen molar-refractivity contribution >= 4 is 51.9 Å². The van der Waals surface area contributed by atoms with E-state index >= 15 is 0 Å². The number of aryl methyl sites for hydroxylation is 1. The van der Waals surface area contributed by atoms with Crippen molar-refractivity contribution in [3.63, 3.8) is 0 Å². The number of thiocarbonyl (C=S) groups is 1. The van der Waals surface area contributed by atoms with E-state index in [1.54, 1.807) is 32.4 Å². The van der Waals surface area contributed by atoms with Crippen LogP contribution in [-0.4, -0.2) is 19.3 Å². The maximum absolute atomic E-state index is 6.15. The molecule has 0 spiro atoms. The van der Waals surface area contributed by atoms with Crippen molar-refractivity contribution in [2.75, 3.05) is 24.9 Å². The molecule has 0 saturated heterocycles. The highest BCUT2D eigenvalue weighted by molar-refractivity contribution is 7.80. The second kappa shape index (κ2) is 7.73. The van der Waals surface area contributed by atoms with Gasteiger partial charge in [0.15, 0.2) is 5.11 Å². The SMILES string of the molecule is COc1cc(OC)c(NC(=S)Nc2ccc(Cl)cc2C)cc1Cl. The van der Waals surface area contributed by atoms with E-state index < -0.39 is 0 Å². The lowest BCUT2D eigenvalue weighted by Crippen LogP contribution is -2.20. The van der Waals surface area contributed by atoms with Crippen LogP contribution in [0.5, 0.6) is 11.5 Å². The number of hydrogen-bond acceptors (Lipinski definition) is 3. The Hall–Kier alpha value is -1.69. The molecular formula is C16H16Cl2N2O2S. The Morgan fingerprint density at radius 1 is 0.957 bits per heavy atom. The lowest BCUT2D eigenvalue weighted by Gasteiger charge is -2.16. The molecule has 2 N–H and O–H groups in total. The summed E-state index contributed by atoms with van der Waals surface area (Å²) in [6.45, 7) is 1.95. The maximum atomic E-state index is 6.15. The van der Waals surface area contributed by atoms with Crippen LogP contribution in [0.2, 0.25) is 10.0 Å². The van der Waals surface area contributed by atoms with E-state index in [1.807, 2.05) is 19.1 Å². The van der Waals surface area contributed by atoms with E-state index in [1.165, 1.54) is 0 Å². The molecule has 0 aliphatic carbocycles. The zero-order chi connectivity index (χ0) is 17.0. The standard InChI is InChI=1S/C16H16Cl2N2O2S/c1-9-6-10(17)4-5-12(9)19-16(23)20-13-7-11(18)14(21-2)8-15(13)22-3/h4-8H,1-3H3,(H2,19,20,23). The van der Waals surface area contributed by atoms with Gasteiger partial charge in [-0.2, -0.15) is 0 Å². The highest BCUT2D eigenvalue weighted by Gasteiger charge is 2.11. The average molecular weight is 371 g/mol. The third-order valence-corrected chi connectivity index (χ3v) is 3.89. The number of anilines is 2. The molecule has 4 nitrogen and oxygen atoms in total. The third-order valence-electron chi connectivity index (χ3n) is 3.16. The Kier molecular flexibility index (Phi) is 5.93. The minimum absolute atomic E-state index is 0.412. The molecule has 7 heteroatoms. The number of nitrogens with one attached hydrogen (secondary N) is 2. The van der Waals surface area contributed by atoms with Gasteiger partial charge in [0, 0.05) is 16.8 Å². The first-order chi connectivity index (χ1) is 10.9. The van der Waals surface area contributed by atoms with Crippen LogP contribution in [0, 0.1) is 6.92 Å². The quantitative estimate of drug-likeness (QED) is 0.730. The number of ether oxygens (including phenoxy) is 2. The number of rotatable bonds is 4. The van der Waals surface area contributed by atoms with Crippen LogP contribution in [0.4, 0.5) is 11.4 Å². The Morgan fingerprint density at radius 3 is 2.22 bits per heavy atom. The van der Waals surface area contributed by atoms with Crippen molar-refractivity contribution in [1.82, 2.24) is 0 Å². The van der Waals surface area contributed by atoms with Crippen molar-refractivity contribution in [3.8, 4) is 11.5 Å². The third kappa shape index (κ3) is 4.41. The normalized spacial score (nSPS) is 10.1. The van der Waals surface area contributed by atoms with Gasteiger partial charge in [-0.1, -0.05) is 23.2 Å². The number of benzene rings is 2. The fourth-order valence-corrected chi connectivity index (χ4v) is 2.69. The van der Waals surface area contributed by atoms with Gasteiger partial charge in [0.2, 0.25) is 0 Å². The Labute approximate surface area is 150 Å². The molecule has 0 aliphatic rings. The van der Waals surface area contributed by atoms with Crippen molar-refractivity contribution < 1.29 is 9.47 Å². The molecule has 0 saturated carbocycles. The van der Waals surface area contributed by atoms with Crippen LogP contribution in [0.15, 0.2) is 30.3 Å². The van der Waals surface area contributed by atoms with Gasteiger partial charge in [0.05, 0.1) is 24.9 Å². The van der Waals surface area contributed by atoms with Crippen molar-refractivity contribution in [1.29, 1.82) is 0 Å². The molecule has 122 valence electrons. The van der Waals surface area contributed by atoms with Crippen LogP contribution in [0.25, 0.3) is 0 Å². The molecule has 23 heavy (non-hydrogen) atoms. The molecule has 0 aromatic heterocycles. The molecule has 0 bridgehead atoms. The first-order valence-corrected chi connectivity index (χ1v) is 7.86. The minimum atomic E-state index is 0.412. The van der Waals surface area contributed by atoms with Gasteiger partial charge in [-0.25, -0.2) is 0 Å². The lowest BCUT2D eigenvalue weighted by molar-refractivity contribution is 0.396. The van der Waals surface area contributed by atoms with Crippen LogP contribution in [0.1, 0.15) is 5.56 Å². The Morgan fingerprint density at radius 2 is 1.61 bits per heavy atom. The first-order valence-electron chi connectivity index (χ1n) is 6.70. The van der Waals surface area contributed by atoms with Gasteiger partial charge in [-0.3, -0.25) is 0 Å². The molecule has 0 heterocycles. The molecule has 0 fully saturated rings. The first kappa shape index (κ1) is 17.7. The van der Waals surface area contributed by atoms with Gasteiger partial charge in [-0.05, 0) is 49.0 Å². The van der Waals surface area contributed by atoms with Crippen LogP contribution in [-0.2, 0) is 0 Å². The van der Waals surface area contributed by atoms with E-state index in [2.05, 4.69) is 10.6 Å². The summed E-state index contributed by atoms with van der Waals surface area (Å²) in [5.41, 5.74) is 2.49. The van der Waals surface area contributed by atoms with E-state index in [0.717, 1.165) is 11.3 Å². The summed E-state index contributed by atoms with van der Waals surface area (Å²) in [6, 6.07) is 8.91. The van der Waals surface area contributed by atoms with Gasteiger partial charge in [-0.15, -0.1) is 0 Å². The fraction of sp³-hybridized carbons (Fsp3) is 0.188. The zero-order valence-electron chi connectivity index (χ0n) is 12.9. The van der Waals surface area contributed by atoms with Crippen LogP contribution < -0.4 is 20.1 Å². The van der Waals surface area contributed by atoms with Gasteiger partial charge >= 0.3 is 0 Å².